The Hall–Kier alpha value is -0.887. The first-order chi connectivity index (χ1) is 5.61. The Morgan fingerprint density at radius 2 is 1.69 bits per heavy atom. The zero-order valence-corrected chi connectivity index (χ0v) is 10.8. The molecule has 0 atom stereocenters. The van der Waals surface area contributed by atoms with E-state index in [0.29, 0.717) is 5.56 Å². The van der Waals surface area contributed by atoms with Gasteiger partial charge in [0.25, 0.3) is 0 Å². The second-order valence-corrected chi connectivity index (χ2v) is 2.75. The maximum absolute atomic E-state index is 10.5. The molecule has 0 aliphatic heterocycles. The summed E-state index contributed by atoms with van der Waals surface area (Å²) in [6, 6.07) is 6.75. The average molecular weight is 231 g/mol. The molecule has 0 heterocycles. The minimum absolute atomic E-state index is 0. The summed E-state index contributed by atoms with van der Waals surface area (Å²) < 4.78 is 0. The normalized spacial score (nSPS) is 8.77. The number of carbonyl (C=O) groups is 1. The first kappa shape index (κ1) is 12.1. The Kier molecular flexibility index (Phi) is 4.64. The Labute approximate surface area is 90.1 Å². The van der Waals surface area contributed by atoms with E-state index in [1.807, 2.05) is 19.0 Å². The number of rotatable bonds is 2. The summed E-state index contributed by atoms with van der Waals surface area (Å²) in [7, 11) is 3.82. The van der Waals surface area contributed by atoms with Crippen molar-refractivity contribution in [1.29, 1.82) is 0 Å². The van der Waals surface area contributed by atoms with Crippen LogP contribution in [0.4, 0.5) is 5.69 Å². The van der Waals surface area contributed by atoms with E-state index in [0.717, 1.165) is 5.69 Å². The summed E-state index contributed by atoms with van der Waals surface area (Å²) in [5, 5.41) is 8.60. The molecule has 1 aromatic rings. The molecule has 0 fully saturated rings. The number of anilines is 1. The van der Waals surface area contributed by atoms with Gasteiger partial charge >= 0.3 is 5.97 Å². The molecule has 0 amide bonds. The number of nitrogens with zero attached hydrogens (tertiary/aromatic N) is 1. The van der Waals surface area contributed by atoms with Gasteiger partial charge in [-0.05, 0) is 24.3 Å². The molecule has 13 heavy (non-hydrogen) atoms. The van der Waals surface area contributed by atoms with Gasteiger partial charge in [-0.3, -0.25) is 0 Å². The van der Waals surface area contributed by atoms with E-state index in [1.54, 1.807) is 24.3 Å². The molecule has 0 spiro atoms. The fourth-order valence-corrected chi connectivity index (χ4v) is 0.902. The maximum atomic E-state index is 10.5. The largest absolute Gasteiger partial charge is 0.478 e. The van der Waals surface area contributed by atoms with Gasteiger partial charge in [0.15, 0.2) is 0 Å². The molecule has 1 N–H and O–H groups in total. The maximum Gasteiger partial charge on any atom is 0.335 e. The average Bonchev–Trinajstić information content (AvgIpc) is 2.04. The van der Waals surface area contributed by atoms with E-state index in [2.05, 4.69) is 0 Å². The molecule has 0 saturated carbocycles. The van der Waals surface area contributed by atoms with Crippen LogP contribution in [0.15, 0.2) is 24.3 Å². The van der Waals surface area contributed by atoms with Gasteiger partial charge in [0.2, 0.25) is 0 Å². The minimum atomic E-state index is -0.889. The van der Waals surface area contributed by atoms with Crippen molar-refractivity contribution in [1.82, 2.24) is 0 Å². The van der Waals surface area contributed by atoms with E-state index in [4.69, 9.17) is 5.11 Å². The van der Waals surface area contributed by atoms with E-state index in [-0.39, 0.29) is 19.5 Å². The Bertz CT molecular complexity index is 282. The molecule has 0 bridgehead atoms. The van der Waals surface area contributed by atoms with Crippen LogP contribution in [0, 0.1) is 0 Å². The van der Waals surface area contributed by atoms with E-state index in [1.165, 1.54) is 0 Å². The zero-order valence-electron chi connectivity index (χ0n) is 7.82. The summed E-state index contributed by atoms with van der Waals surface area (Å²) in [5.74, 6) is -0.889. The first-order valence-electron chi connectivity index (χ1n) is 3.62. The first-order valence-corrected chi connectivity index (χ1v) is 3.62. The van der Waals surface area contributed by atoms with Crippen LogP contribution in [0.3, 0.4) is 0 Å². The Morgan fingerprint density at radius 1 is 1.23 bits per heavy atom. The molecule has 0 radical (unpaired) electrons. The monoisotopic (exact) mass is 229 g/mol. The van der Waals surface area contributed by atoms with Gasteiger partial charge in [0.1, 0.15) is 0 Å². The smallest absolute Gasteiger partial charge is 0.335 e. The van der Waals surface area contributed by atoms with Crippen LogP contribution in [-0.2, 0) is 19.5 Å². The molecule has 0 aliphatic carbocycles. The number of hydrogen-bond acceptors (Lipinski definition) is 2. The Morgan fingerprint density at radius 3 is 2.00 bits per heavy atom. The van der Waals surface area contributed by atoms with Crippen LogP contribution in [0.2, 0.25) is 0 Å². The predicted molar refractivity (Wildman–Crippen MR) is 47.7 cm³/mol. The summed E-state index contributed by atoms with van der Waals surface area (Å²) in [5.41, 5.74) is 1.32. The van der Waals surface area contributed by atoms with Crippen molar-refractivity contribution in [3.05, 3.63) is 29.8 Å². The number of aromatic carboxylic acids is 1. The fraction of sp³-hybridized carbons (Fsp3) is 0.222. The molecule has 0 aliphatic rings. The van der Waals surface area contributed by atoms with Crippen LogP contribution < -0.4 is 4.90 Å². The van der Waals surface area contributed by atoms with E-state index in [9.17, 15) is 4.79 Å². The quantitative estimate of drug-likeness (QED) is 0.782. The Balaban J connectivity index is 0.00000144. The molecule has 3 nitrogen and oxygen atoms in total. The van der Waals surface area contributed by atoms with Crippen LogP contribution in [-0.4, -0.2) is 25.2 Å². The fourth-order valence-electron chi connectivity index (χ4n) is 0.902. The summed E-state index contributed by atoms with van der Waals surface area (Å²) >= 11 is 0. The van der Waals surface area contributed by atoms with Crippen molar-refractivity contribution in [2.45, 2.75) is 0 Å². The van der Waals surface area contributed by atoms with Crippen molar-refractivity contribution < 1.29 is 29.4 Å². The molecule has 0 aromatic heterocycles. The van der Waals surface area contributed by atoms with Crippen molar-refractivity contribution in [3.8, 4) is 0 Å². The van der Waals surface area contributed by atoms with Gasteiger partial charge in [0.05, 0.1) is 5.56 Å². The van der Waals surface area contributed by atoms with Gasteiger partial charge in [-0.25, -0.2) is 4.79 Å². The van der Waals surface area contributed by atoms with Crippen molar-refractivity contribution >= 4 is 11.7 Å². The topological polar surface area (TPSA) is 40.5 Å². The molecular weight excluding hydrogens is 219 g/mol. The van der Waals surface area contributed by atoms with Crippen LogP contribution in [0.5, 0.6) is 0 Å². The third kappa shape index (κ3) is 3.15. The number of carboxylic acids is 1. The van der Waals surface area contributed by atoms with Gasteiger partial charge < -0.3 is 10.0 Å². The van der Waals surface area contributed by atoms with Gasteiger partial charge in [0, 0.05) is 39.3 Å². The van der Waals surface area contributed by atoms with Crippen molar-refractivity contribution in [3.63, 3.8) is 0 Å². The van der Waals surface area contributed by atoms with Crippen LogP contribution in [0.25, 0.3) is 0 Å². The summed E-state index contributed by atoms with van der Waals surface area (Å²) in [4.78, 5) is 12.4. The van der Waals surface area contributed by atoms with Crippen LogP contribution in [0.1, 0.15) is 10.4 Å². The van der Waals surface area contributed by atoms with E-state index >= 15 is 0 Å². The predicted octanol–water partition coefficient (Wildman–Crippen LogP) is 1.45. The molecule has 1 aromatic carbocycles. The number of benzene rings is 1. The molecule has 0 saturated heterocycles. The number of hydrogen-bond donors (Lipinski definition) is 1. The summed E-state index contributed by atoms with van der Waals surface area (Å²) in [6.07, 6.45) is 0. The molecule has 1 rings (SSSR count). The van der Waals surface area contributed by atoms with Gasteiger partial charge in [-0.15, -0.1) is 0 Å². The molecular formula is C9H11NO2Zn. The van der Waals surface area contributed by atoms with Gasteiger partial charge in [-0.1, -0.05) is 0 Å². The van der Waals surface area contributed by atoms with E-state index < -0.39 is 5.97 Å². The third-order valence-electron chi connectivity index (χ3n) is 1.63. The zero-order chi connectivity index (χ0) is 9.14. The standard InChI is InChI=1S/C9H11NO2.Zn/c1-10(2)8-5-3-7(4-6-8)9(11)12;/h3-6H,1-2H3,(H,11,12);. The third-order valence-corrected chi connectivity index (χ3v) is 1.63. The van der Waals surface area contributed by atoms with Crippen molar-refractivity contribution in [2.24, 2.45) is 0 Å². The molecule has 66 valence electrons. The second kappa shape index (κ2) is 4.98. The minimum Gasteiger partial charge on any atom is -0.478 e. The molecule has 4 heteroatoms. The van der Waals surface area contributed by atoms with Gasteiger partial charge in [-0.2, -0.15) is 0 Å². The number of carboxylic acid groups (broad SMARTS) is 1. The molecule has 0 unspecified atom stereocenters. The van der Waals surface area contributed by atoms with Crippen LogP contribution >= 0.6 is 0 Å². The summed E-state index contributed by atoms with van der Waals surface area (Å²) in [6.45, 7) is 0. The SMILES string of the molecule is CN(C)c1ccc(C(=O)O)cc1.[Zn]. The second-order valence-electron chi connectivity index (χ2n) is 2.75. The van der Waals surface area contributed by atoms with Crippen molar-refractivity contribution in [2.75, 3.05) is 19.0 Å².